The van der Waals surface area contributed by atoms with Gasteiger partial charge < -0.3 is 0 Å². The molecule has 1 atom stereocenters. The Labute approximate surface area is 150 Å². The third-order valence-electron chi connectivity index (χ3n) is 3.52. The summed E-state index contributed by atoms with van der Waals surface area (Å²) in [5.74, 6) is 0. The van der Waals surface area contributed by atoms with Crippen LogP contribution in [0.4, 0.5) is 26.3 Å². The number of benzene rings is 1. The number of rotatable bonds is 3. The van der Waals surface area contributed by atoms with Crippen LogP contribution >= 0.6 is 21.9 Å². The van der Waals surface area contributed by atoms with Gasteiger partial charge in [0.25, 0.3) is 0 Å². The van der Waals surface area contributed by atoms with E-state index in [-0.39, 0.29) is 16.2 Å². The maximum absolute atomic E-state index is 14.1. The predicted molar refractivity (Wildman–Crippen MR) is 84.6 cm³/mol. The average Bonchev–Trinajstić information content (AvgIpc) is 2.70. The van der Waals surface area contributed by atoms with Gasteiger partial charge in [-0.1, -0.05) is 35.9 Å². The molecule has 0 spiro atoms. The van der Waals surface area contributed by atoms with Crippen LogP contribution in [0.1, 0.15) is 5.56 Å². The highest BCUT2D eigenvalue weighted by molar-refractivity contribution is 8.37. The molecule has 1 heterocycles. The molecule has 1 unspecified atom stereocenters. The van der Waals surface area contributed by atoms with Crippen molar-refractivity contribution in [1.29, 1.82) is 0 Å². The summed E-state index contributed by atoms with van der Waals surface area (Å²) in [5.41, 5.74) is -11.6. The van der Waals surface area contributed by atoms with Gasteiger partial charge in [0.2, 0.25) is 0 Å². The summed E-state index contributed by atoms with van der Waals surface area (Å²) in [6, 6.07) is 3.17. The molecule has 1 aromatic carbocycles. The van der Waals surface area contributed by atoms with Gasteiger partial charge in [-0.15, -0.1) is 0 Å². The highest BCUT2D eigenvalue weighted by Gasteiger charge is 2.64. The maximum Gasteiger partial charge on any atom is 0.523 e. The summed E-state index contributed by atoms with van der Waals surface area (Å²) in [6.45, 7) is 0. The fourth-order valence-corrected chi connectivity index (χ4v) is 7.12. The normalized spacial score (nSPS) is 25.0. The van der Waals surface area contributed by atoms with E-state index in [0.29, 0.717) is 0 Å². The summed E-state index contributed by atoms with van der Waals surface area (Å²) in [4.78, 5) is -1.43. The molecule has 0 amide bonds. The molecular weight excluding hydrogens is 430 g/mol. The van der Waals surface area contributed by atoms with Crippen molar-refractivity contribution in [1.82, 2.24) is 0 Å². The zero-order valence-electron chi connectivity index (χ0n) is 12.2. The van der Waals surface area contributed by atoms with Crippen LogP contribution in [0, 0.1) is 0 Å². The van der Waals surface area contributed by atoms with E-state index in [4.69, 9.17) is 11.6 Å². The standard InChI is InChI=1S/C14H7ClF6O3S2/c15-10-5-4-9-6-11(8-2-1-3-8)25(12(9)7-10,13(16,17)18)24-26(22,23)14(19,20)21/h1-7H. The molecule has 0 saturated carbocycles. The number of fused-ring (bicyclic) bond motifs is 1. The van der Waals surface area contributed by atoms with Crippen LogP contribution in [-0.2, 0) is 13.7 Å². The van der Waals surface area contributed by atoms with Crippen LogP contribution in [0.15, 0.2) is 51.8 Å². The van der Waals surface area contributed by atoms with Gasteiger partial charge in [-0.05, 0) is 29.3 Å². The van der Waals surface area contributed by atoms with Gasteiger partial charge in [0.15, 0.2) is 0 Å². The fraction of sp³-hybridized carbons (Fsp3) is 0.143. The smallest absolute Gasteiger partial charge is 0.196 e. The largest absolute Gasteiger partial charge is 0.523 e. The van der Waals surface area contributed by atoms with E-state index < -0.39 is 41.2 Å². The van der Waals surface area contributed by atoms with E-state index in [1.165, 1.54) is 24.3 Å². The van der Waals surface area contributed by atoms with Crippen molar-refractivity contribution in [3.63, 3.8) is 0 Å². The minimum absolute atomic E-state index is 0.0676. The first kappa shape index (κ1) is 19.3. The Morgan fingerprint density at radius 1 is 1.08 bits per heavy atom. The van der Waals surface area contributed by atoms with Crippen LogP contribution < -0.4 is 0 Å². The first-order chi connectivity index (χ1) is 11.8. The van der Waals surface area contributed by atoms with Crippen LogP contribution in [0.25, 0.3) is 6.08 Å². The van der Waals surface area contributed by atoms with Crippen molar-refractivity contribution in [2.45, 2.75) is 15.9 Å². The molecule has 0 radical (unpaired) electrons. The monoisotopic (exact) mass is 436 g/mol. The quantitative estimate of drug-likeness (QED) is 0.454. The van der Waals surface area contributed by atoms with Crippen LogP contribution in [0.5, 0.6) is 0 Å². The Morgan fingerprint density at radius 2 is 1.69 bits per heavy atom. The highest BCUT2D eigenvalue weighted by Crippen LogP contribution is 2.79. The summed E-state index contributed by atoms with van der Waals surface area (Å²) in [6.07, 6.45) is 4.77. The third kappa shape index (κ3) is 2.77. The Kier molecular flexibility index (Phi) is 4.30. The number of hydrogen-bond acceptors (Lipinski definition) is 3. The molecule has 142 valence electrons. The maximum atomic E-state index is 14.1. The molecule has 0 N–H and O–H groups in total. The molecule has 0 aromatic heterocycles. The lowest BCUT2D eigenvalue weighted by Gasteiger charge is -2.40. The lowest BCUT2D eigenvalue weighted by Crippen LogP contribution is -2.32. The molecule has 3 nitrogen and oxygen atoms in total. The van der Waals surface area contributed by atoms with Crippen LogP contribution in [0.2, 0.25) is 5.02 Å². The molecule has 1 aromatic rings. The third-order valence-corrected chi connectivity index (χ3v) is 8.45. The minimum atomic E-state index is -6.55. The fourth-order valence-electron chi connectivity index (χ4n) is 2.36. The van der Waals surface area contributed by atoms with Crippen molar-refractivity contribution in [3.05, 3.63) is 57.5 Å². The van der Waals surface area contributed by atoms with Crippen molar-refractivity contribution in [2.24, 2.45) is 0 Å². The Morgan fingerprint density at radius 3 is 2.15 bits per heavy atom. The lowest BCUT2D eigenvalue weighted by atomic mass is 10.1. The predicted octanol–water partition coefficient (Wildman–Crippen LogP) is 5.66. The molecule has 3 rings (SSSR count). The second kappa shape index (κ2) is 5.78. The second-order valence-electron chi connectivity index (χ2n) is 5.14. The SMILES string of the molecule is O=S(=O)(OS1(C(F)(F)F)C(C2=CC=C2)=Cc2ccc(Cl)cc21)C(F)(F)F. The first-order valence-electron chi connectivity index (χ1n) is 6.62. The zero-order valence-corrected chi connectivity index (χ0v) is 14.6. The Bertz CT molecular complexity index is 975. The van der Waals surface area contributed by atoms with E-state index in [0.717, 1.165) is 18.2 Å². The van der Waals surface area contributed by atoms with E-state index in [2.05, 4.69) is 3.63 Å². The highest BCUT2D eigenvalue weighted by atomic mass is 35.5. The van der Waals surface area contributed by atoms with Gasteiger partial charge >= 0.3 is 21.1 Å². The van der Waals surface area contributed by atoms with Crippen molar-refractivity contribution in [2.75, 3.05) is 0 Å². The number of halogens is 7. The first-order valence-corrected chi connectivity index (χ1v) is 9.96. The Balaban J connectivity index is 2.31. The topological polar surface area (TPSA) is 43.4 Å². The number of hydrogen-bond donors (Lipinski definition) is 0. The van der Waals surface area contributed by atoms with E-state index in [1.54, 1.807) is 0 Å². The lowest BCUT2D eigenvalue weighted by molar-refractivity contribution is -0.0545. The van der Waals surface area contributed by atoms with Gasteiger partial charge in [-0.25, -0.2) is 0 Å². The molecule has 0 fully saturated rings. The van der Waals surface area contributed by atoms with Gasteiger partial charge in [0, 0.05) is 25.1 Å². The summed E-state index contributed by atoms with van der Waals surface area (Å²) < 4.78 is 108. The van der Waals surface area contributed by atoms with Gasteiger partial charge in [-0.2, -0.15) is 38.4 Å². The molecule has 1 aliphatic heterocycles. The van der Waals surface area contributed by atoms with E-state index in [1.807, 2.05) is 0 Å². The molecule has 12 heteroatoms. The number of allylic oxidation sites excluding steroid dienone is 4. The van der Waals surface area contributed by atoms with Gasteiger partial charge in [0.1, 0.15) is 0 Å². The van der Waals surface area contributed by atoms with E-state index >= 15 is 0 Å². The summed E-state index contributed by atoms with van der Waals surface area (Å²) >= 11 is 5.70. The molecular formula is C14H7ClF6O3S2. The van der Waals surface area contributed by atoms with Gasteiger partial charge in [0.05, 0.1) is 0 Å². The van der Waals surface area contributed by atoms with Crippen molar-refractivity contribution >= 4 is 38.1 Å². The van der Waals surface area contributed by atoms with Crippen LogP contribution in [-0.4, -0.2) is 19.4 Å². The summed E-state index contributed by atoms with van der Waals surface area (Å²) in [7, 11) is -11.6. The number of alkyl halides is 6. The van der Waals surface area contributed by atoms with Gasteiger partial charge in [-0.3, -0.25) is 0 Å². The minimum Gasteiger partial charge on any atom is -0.196 e. The molecule has 0 bridgehead atoms. The van der Waals surface area contributed by atoms with Crippen molar-refractivity contribution < 1.29 is 38.4 Å². The Hall–Kier alpha value is -1.43. The molecule has 2 aliphatic rings. The van der Waals surface area contributed by atoms with E-state index in [9.17, 15) is 34.8 Å². The second-order valence-corrected chi connectivity index (χ2v) is 9.95. The zero-order chi connectivity index (χ0) is 19.5. The van der Waals surface area contributed by atoms with Crippen molar-refractivity contribution in [3.8, 4) is 0 Å². The van der Waals surface area contributed by atoms with Crippen LogP contribution in [0.3, 0.4) is 0 Å². The molecule has 26 heavy (non-hydrogen) atoms. The average molecular weight is 437 g/mol. The molecule has 1 aliphatic carbocycles. The molecule has 0 saturated heterocycles. The summed E-state index contributed by atoms with van der Waals surface area (Å²) in [5, 5.41) is -0.203.